The number of hydrogen-bond acceptors (Lipinski definition) is 6. The van der Waals surface area contributed by atoms with Crippen LogP contribution in [0.4, 0.5) is 24.8 Å². The zero-order chi connectivity index (χ0) is 25.0. The number of rotatable bonds is 6. The second-order valence-electron chi connectivity index (χ2n) is 7.15. The molecular weight excluding hydrogens is 483 g/mol. The van der Waals surface area contributed by atoms with Crippen LogP contribution in [0.15, 0.2) is 73.1 Å². The number of carbonyl (C=O) groups excluding carboxylic acids is 1. The maximum atomic E-state index is 13.0. The second-order valence-corrected chi connectivity index (χ2v) is 7.56. The van der Waals surface area contributed by atoms with E-state index in [9.17, 15) is 18.0 Å². The summed E-state index contributed by atoms with van der Waals surface area (Å²) in [5, 5.41) is 5.51. The van der Waals surface area contributed by atoms with Crippen molar-refractivity contribution in [1.82, 2.24) is 15.0 Å². The highest BCUT2D eigenvalue weighted by molar-refractivity contribution is 6.32. The number of nitrogens with one attached hydrogen (secondary N) is 2. The summed E-state index contributed by atoms with van der Waals surface area (Å²) < 4.78 is 44.8. The minimum absolute atomic E-state index is 0.00152. The first-order chi connectivity index (χ1) is 16.7. The summed E-state index contributed by atoms with van der Waals surface area (Å²) in [7, 11) is 1.69. The van der Waals surface area contributed by atoms with Crippen molar-refractivity contribution in [3.05, 3.63) is 89.2 Å². The monoisotopic (exact) mass is 499 g/mol. The van der Waals surface area contributed by atoms with Crippen molar-refractivity contribution < 1.29 is 22.7 Å². The molecule has 0 aliphatic rings. The Balaban J connectivity index is 1.60. The molecule has 0 radical (unpaired) electrons. The molecule has 1 amide bonds. The second kappa shape index (κ2) is 9.98. The zero-order valence-electron chi connectivity index (χ0n) is 18.1. The number of anilines is 2. The van der Waals surface area contributed by atoms with Crippen LogP contribution in [0, 0.1) is 0 Å². The Hall–Kier alpha value is -4.18. The van der Waals surface area contributed by atoms with Gasteiger partial charge in [0, 0.05) is 30.7 Å². The van der Waals surface area contributed by atoms with Gasteiger partial charge < -0.3 is 15.4 Å². The molecule has 178 valence electrons. The Morgan fingerprint density at radius 1 is 1.00 bits per heavy atom. The summed E-state index contributed by atoms with van der Waals surface area (Å²) in [6.07, 6.45) is -1.42. The van der Waals surface area contributed by atoms with Crippen molar-refractivity contribution in [2.45, 2.75) is 6.18 Å². The van der Waals surface area contributed by atoms with Crippen LogP contribution < -0.4 is 15.4 Å². The van der Waals surface area contributed by atoms with Gasteiger partial charge in [0.2, 0.25) is 11.8 Å². The average Bonchev–Trinajstić information content (AvgIpc) is 2.85. The molecule has 0 saturated heterocycles. The van der Waals surface area contributed by atoms with Gasteiger partial charge in [0.05, 0.1) is 21.8 Å². The van der Waals surface area contributed by atoms with E-state index in [1.54, 1.807) is 31.4 Å². The van der Waals surface area contributed by atoms with E-state index in [1.165, 1.54) is 36.5 Å². The molecule has 4 aromatic rings. The van der Waals surface area contributed by atoms with Gasteiger partial charge in [0.1, 0.15) is 5.75 Å². The molecule has 2 aromatic carbocycles. The predicted octanol–water partition coefficient (Wildman–Crippen LogP) is 6.30. The molecule has 0 atom stereocenters. The molecule has 2 N–H and O–H groups in total. The highest BCUT2D eigenvalue weighted by atomic mass is 35.5. The number of pyridine rings is 1. The summed E-state index contributed by atoms with van der Waals surface area (Å²) in [5.74, 6) is 0.0851. The van der Waals surface area contributed by atoms with E-state index < -0.39 is 17.6 Å². The summed E-state index contributed by atoms with van der Waals surface area (Å²) in [5.41, 5.74) is 0.352. The van der Waals surface area contributed by atoms with Gasteiger partial charge in [0.25, 0.3) is 5.91 Å². The highest BCUT2D eigenvalue weighted by Crippen LogP contribution is 2.35. The fourth-order valence-corrected chi connectivity index (χ4v) is 3.26. The topological polar surface area (TPSA) is 89.0 Å². The van der Waals surface area contributed by atoms with Gasteiger partial charge in [0.15, 0.2) is 0 Å². The highest BCUT2D eigenvalue weighted by Gasteiger charge is 2.30. The molecule has 0 aliphatic carbocycles. The van der Waals surface area contributed by atoms with Crippen LogP contribution in [0.2, 0.25) is 5.02 Å². The lowest BCUT2D eigenvalue weighted by Crippen LogP contribution is -2.13. The fourth-order valence-electron chi connectivity index (χ4n) is 3.10. The molecule has 0 unspecified atom stereocenters. The number of hydrogen-bond donors (Lipinski definition) is 2. The number of halogens is 4. The predicted molar refractivity (Wildman–Crippen MR) is 126 cm³/mol. The normalized spacial score (nSPS) is 11.1. The van der Waals surface area contributed by atoms with Crippen LogP contribution in [0.3, 0.4) is 0 Å². The van der Waals surface area contributed by atoms with Crippen molar-refractivity contribution in [2.24, 2.45) is 0 Å². The quantitative estimate of drug-likeness (QED) is 0.324. The first kappa shape index (κ1) is 24.0. The minimum atomic E-state index is -4.53. The summed E-state index contributed by atoms with van der Waals surface area (Å²) >= 11 is 6.28. The number of ether oxygens (including phenoxy) is 1. The van der Waals surface area contributed by atoms with Crippen molar-refractivity contribution >= 4 is 29.1 Å². The van der Waals surface area contributed by atoms with Gasteiger partial charge in [-0.3, -0.25) is 4.79 Å². The van der Waals surface area contributed by atoms with Gasteiger partial charge in [-0.25, -0.2) is 15.0 Å². The van der Waals surface area contributed by atoms with Crippen LogP contribution >= 0.6 is 11.6 Å². The van der Waals surface area contributed by atoms with Crippen LogP contribution in [-0.2, 0) is 6.18 Å². The maximum absolute atomic E-state index is 13.0. The number of alkyl halides is 3. The molecule has 11 heteroatoms. The lowest BCUT2D eigenvalue weighted by Gasteiger charge is -2.13. The van der Waals surface area contributed by atoms with Gasteiger partial charge in [-0.15, -0.1) is 0 Å². The molecule has 0 bridgehead atoms. The Labute approximate surface area is 203 Å². The molecule has 7 nitrogen and oxygen atoms in total. The molecule has 2 aromatic heterocycles. The first-order valence-electron chi connectivity index (χ1n) is 10.2. The lowest BCUT2D eigenvalue weighted by atomic mass is 10.1. The molecular formula is C24H17ClF3N5O2. The Morgan fingerprint density at radius 2 is 1.83 bits per heavy atom. The van der Waals surface area contributed by atoms with Gasteiger partial charge >= 0.3 is 6.18 Å². The molecule has 35 heavy (non-hydrogen) atoms. The van der Waals surface area contributed by atoms with E-state index >= 15 is 0 Å². The van der Waals surface area contributed by atoms with Crippen molar-refractivity contribution in [3.8, 4) is 22.9 Å². The number of aromatic nitrogens is 3. The minimum Gasteiger partial charge on any atom is -0.437 e. The largest absolute Gasteiger partial charge is 0.437 e. The van der Waals surface area contributed by atoms with E-state index in [-0.39, 0.29) is 27.9 Å². The van der Waals surface area contributed by atoms with Crippen LogP contribution in [0.5, 0.6) is 11.6 Å². The molecule has 0 saturated carbocycles. The summed E-state index contributed by atoms with van der Waals surface area (Å²) in [6.45, 7) is 0. The molecule has 4 rings (SSSR count). The lowest BCUT2D eigenvalue weighted by molar-refractivity contribution is -0.137. The van der Waals surface area contributed by atoms with Crippen LogP contribution in [0.25, 0.3) is 11.3 Å². The van der Waals surface area contributed by atoms with E-state index in [2.05, 4.69) is 25.6 Å². The average molecular weight is 500 g/mol. The van der Waals surface area contributed by atoms with Crippen molar-refractivity contribution in [2.75, 3.05) is 17.7 Å². The van der Waals surface area contributed by atoms with E-state index in [4.69, 9.17) is 16.3 Å². The smallest absolute Gasteiger partial charge is 0.416 e. The Bertz CT molecular complexity index is 1380. The van der Waals surface area contributed by atoms with Crippen molar-refractivity contribution in [1.29, 1.82) is 0 Å². The third kappa shape index (κ3) is 5.67. The van der Waals surface area contributed by atoms with Gasteiger partial charge in [-0.05, 0) is 54.6 Å². The number of carbonyl (C=O) groups is 1. The third-order valence-corrected chi connectivity index (χ3v) is 5.09. The van der Waals surface area contributed by atoms with Crippen molar-refractivity contribution in [3.63, 3.8) is 0 Å². The standard InChI is InChI=1S/C24H17ClF3N5O2/c1-29-23-31-11-9-19(33-23)17-6-3-10-30-22(17)35-20-12-14(7-8-18(20)25)21(34)32-16-5-2-4-15(13-16)24(26,27)28/h2-13H,1H3,(H,32,34)(H,29,31,33). The molecule has 0 aliphatic heterocycles. The fraction of sp³-hybridized carbons (Fsp3) is 0.0833. The summed E-state index contributed by atoms with van der Waals surface area (Å²) in [4.78, 5) is 25.4. The van der Waals surface area contributed by atoms with E-state index in [0.29, 0.717) is 17.2 Å². The zero-order valence-corrected chi connectivity index (χ0v) is 18.9. The third-order valence-electron chi connectivity index (χ3n) is 4.77. The Morgan fingerprint density at radius 3 is 2.60 bits per heavy atom. The first-order valence-corrected chi connectivity index (χ1v) is 10.5. The maximum Gasteiger partial charge on any atom is 0.416 e. The number of nitrogens with zero attached hydrogens (tertiary/aromatic N) is 3. The molecule has 2 heterocycles. The van der Waals surface area contributed by atoms with Gasteiger partial charge in [-0.2, -0.15) is 13.2 Å². The van der Waals surface area contributed by atoms with Crippen LogP contribution in [0.1, 0.15) is 15.9 Å². The van der Waals surface area contributed by atoms with E-state index in [0.717, 1.165) is 12.1 Å². The van der Waals surface area contributed by atoms with Gasteiger partial charge in [-0.1, -0.05) is 17.7 Å². The van der Waals surface area contributed by atoms with E-state index in [1.807, 2.05) is 0 Å². The summed E-state index contributed by atoms with van der Waals surface area (Å²) in [6, 6.07) is 13.8. The number of amides is 1. The SMILES string of the molecule is CNc1nccc(-c2cccnc2Oc2cc(C(=O)Nc3cccc(C(F)(F)F)c3)ccc2Cl)n1. The number of benzene rings is 2. The Kier molecular flexibility index (Phi) is 6.83. The van der Waals surface area contributed by atoms with Crippen LogP contribution in [-0.4, -0.2) is 27.9 Å². The molecule has 0 spiro atoms. The molecule has 0 fully saturated rings.